The van der Waals surface area contributed by atoms with Gasteiger partial charge >= 0.3 is 0 Å². The molecule has 2 heterocycles. The third kappa shape index (κ3) is 5.15. The average Bonchev–Trinajstić information content (AvgIpc) is 3.09. The molecule has 0 atom stereocenters. The van der Waals surface area contributed by atoms with Gasteiger partial charge in [0.2, 0.25) is 5.13 Å². The van der Waals surface area contributed by atoms with E-state index < -0.39 is 5.60 Å². The minimum atomic E-state index is -0.770. The van der Waals surface area contributed by atoms with Crippen molar-refractivity contribution in [2.45, 2.75) is 28.5 Å². The van der Waals surface area contributed by atoms with Crippen molar-refractivity contribution in [1.82, 2.24) is 15.5 Å². The number of benzene rings is 1. The number of carbonyl (C=O) groups excluding carboxylic acids is 1. The van der Waals surface area contributed by atoms with Gasteiger partial charge in [0.25, 0.3) is 5.91 Å². The number of amides is 1. The van der Waals surface area contributed by atoms with Gasteiger partial charge in [0, 0.05) is 12.9 Å². The molecule has 0 unspecified atom stereocenters. The first-order chi connectivity index (χ1) is 11.7. The second-order valence-electron chi connectivity index (χ2n) is 5.55. The van der Waals surface area contributed by atoms with Gasteiger partial charge in [-0.1, -0.05) is 53.4 Å². The van der Waals surface area contributed by atoms with Crippen LogP contribution in [0.1, 0.15) is 18.4 Å². The molecule has 136 valence electrons. The van der Waals surface area contributed by atoms with Crippen LogP contribution in [0.5, 0.6) is 0 Å². The van der Waals surface area contributed by atoms with E-state index in [4.69, 9.17) is 4.74 Å². The van der Waals surface area contributed by atoms with Crippen LogP contribution < -0.4 is 10.6 Å². The maximum atomic E-state index is 12.6. The predicted molar refractivity (Wildman–Crippen MR) is 104 cm³/mol. The molecule has 2 aromatic rings. The Kier molecular flexibility index (Phi) is 7.64. The van der Waals surface area contributed by atoms with Gasteiger partial charge in [0.15, 0.2) is 4.34 Å². The molecule has 1 aromatic heterocycles. The van der Waals surface area contributed by atoms with Gasteiger partial charge in [0.1, 0.15) is 5.60 Å². The molecule has 6 nitrogen and oxygen atoms in total. The first-order valence-electron chi connectivity index (χ1n) is 7.79. The zero-order valence-corrected chi connectivity index (χ0v) is 16.3. The summed E-state index contributed by atoms with van der Waals surface area (Å²) in [6.45, 7) is 1.55. The first kappa shape index (κ1) is 20.1. The normalized spacial score (nSPS) is 16.0. The number of hydrogen-bond donors (Lipinski definition) is 2. The predicted octanol–water partition coefficient (Wildman–Crippen LogP) is 2.96. The van der Waals surface area contributed by atoms with E-state index in [0.717, 1.165) is 23.2 Å². The van der Waals surface area contributed by atoms with Gasteiger partial charge in [-0.2, -0.15) is 0 Å². The highest BCUT2D eigenvalue weighted by Gasteiger charge is 2.40. The molecule has 1 fully saturated rings. The van der Waals surface area contributed by atoms with E-state index in [2.05, 4.69) is 33.0 Å². The van der Waals surface area contributed by atoms with Crippen molar-refractivity contribution >= 4 is 46.5 Å². The lowest BCUT2D eigenvalue weighted by atomic mass is 9.91. The quantitative estimate of drug-likeness (QED) is 0.573. The summed E-state index contributed by atoms with van der Waals surface area (Å²) in [5.74, 6) is 0.694. The zero-order valence-electron chi connectivity index (χ0n) is 13.9. The largest absolute Gasteiger partial charge is 0.368 e. The number of ether oxygens (including phenoxy) is 1. The molecule has 0 bridgehead atoms. The Morgan fingerprint density at radius 3 is 2.72 bits per heavy atom. The zero-order chi connectivity index (χ0) is 16.8. The van der Waals surface area contributed by atoms with Crippen LogP contribution in [0, 0.1) is 0 Å². The van der Waals surface area contributed by atoms with Crippen molar-refractivity contribution in [3.63, 3.8) is 0 Å². The smallest absolute Gasteiger partial charge is 0.258 e. The second-order valence-corrected chi connectivity index (χ2v) is 7.75. The lowest BCUT2D eigenvalue weighted by Gasteiger charge is -2.34. The van der Waals surface area contributed by atoms with Crippen LogP contribution in [0.15, 0.2) is 34.7 Å². The van der Waals surface area contributed by atoms with E-state index >= 15 is 0 Å². The van der Waals surface area contributed by atoms with Crippen LogP contribution in [0.25, 0.3) is 0 Å². The Hall–Kier alpha value is -1.19. The molecular formula is C16H21ClN4O2S2. The Morgan fingerprint density at radius 2 is 2.04 bits per heavy atom. The molecule has 1 aliphatic rings. The van der Waals surface area contributed by atoms with Crippen LogP contribution in [-0.4, -0.2) is 41.9 Å². The van der Waals surface area contributed by atoms with Gasteiger partial charge in [-0.15, -0.1) is 22.6 Å². The summed E-state index contributed by atoms with van der Waals surface area (Å²) in [7, 11) is 1.59. The highest BCUT2D eigenvalue weighted by atomic mass is 35.5. The number of carbonyl (C=O) groups is 1. The SMILES string of the molecule is COC1(C(=O)Nc2nnc(SCc3ccccc3)s2)CCNCC1.Cl. The van der Waals surface area contributed by atoms with Crippen molar-refractivity contribution in [3.8, 4) is 0 Å². The Balaban J connectivity index is 0.00000225. The summed E-state index contributed by atoms with van der Waals surface area (Å²) >= 11 is 3.01. The van der Waals surface area contributed by atoms with Crippen LogP contribution >= 0.6 is 35.5 Å². The molecule has 1 amide bonds. The standard InChI is InChI=1S/C16H20N4O2S2.ClH/c1-22-16(7-9-17-10-8-16)13(21)18-14-19-20-15(24-14)23-11-12-5-3-2-4-6-12;/h2-6,17H,7-11H2,1H3,(H,18,19,21);1H. The van der Waals surface area contributed by atoms with Crippen LogP contribution in [0.2, 0.25) is 0 Å². The van der Waals surface area contributed by atoms with Crippen molar-refractivity contribution in [2.75, 3.05) is 25.5 Å². The van der Waals surface area contributed by atoms with E-state index in [1.54, 1.807) is 18.9 Å². The lowest BCUT2D eigenvalue weighted by molar-refractivity contribution is -0.140. The molecule has 0 aliphatic carbocycles. The third-order valence-corrected chi connectivity index (χ3v) is 6.09. The maximum Gasteiger partial charge on any atom is 0.258 e. The molecule has 0 spiro atoms. The fourth-order valence-electron chi connectivity index (χ4n) is 2.60. The monoisotopic (exact) mass is 400 g/mol. The van der Waals surface area contributed by atoms with E-state index in [9.17, 15) is 4.79 Å². The van der Waals surface area contributed by atoms with E-state index in [-0.39, 0.29) is 18.3 Å². The Morgan fingerprint density at radius 1 is 1.32 bits per heavy atom. The average molecular weight is 401 g/mol. The van der Waals surface area contributed by atoms with Gasteiger partial charge in [-0.25, -0.2) is 0 Å². The number of aromatic nitrogens is 2. The highest BCUT2D eigenvalue weighted by Crippen LogP contribution is 2.30. The van der Waals surface area contributed by atoms with Crippen molar-refractivity contribution in [1.29, 1.82) is 0 Å². The maximum absolute atomic E-state index is 12.6. The molecule has 1 aliphatic heterocycles. The molecular weight excluding hydrogens is 380 g/mol. The molecule has 25 heavy (non-hydrogen) atoms. The van der Waals surface area contributed by atoms with E-state index in [1.807, 2.05) is 18.2 Å². The minimum absolute atomic E-state index is 0. The molecule has 2 N–H and O–H groups in total. The summed E-state index contributed by atoms with van der Waals surface area (Å²) in [5.41, 5.74) is 0.463. The second kappa shape index (κ2) is 9.49. The van der Waals surface area contributed by atoms with Crippen molar-refractivity contribution in [3.05, 3.63) is 35.9 Å². The molecule has 1 aromatic carbocycles. The van der Waals surface area contributed by atoms with Gasteiger partial charge in [0.05, 0.1) is 0 Å². The first-order valence-corrected chi connectivity index (χ1v) is 9.60. The summed E-state index contributed by atoms with van der Waals surface area (Å²) < 4.78 is 6.36. The van der Waals surface area contributed by atoms with Gasteiger partial charge in [-0.05, 0) is 31.5 Å². The van der Waals surface area contributed by atoms with Crippen LogP contribution in [0.3, 0.4) is 0 Å². The van der Waals surface area contributed by atoms with Crippen molar-refractivity contribution < 1.29 is 9.53 Å². The number of methoxy groups -OCH3 is 1. The number of nitrogens with one attached hydrogen (secondary N) is 2. The number of piperidine rings is 1. The number of rotatable bonds is 6. The van der Waals surface area contributed by atoms with Gasteiger partial charge in [-0.3, -0.25) is 10.1 Å². The van der Waals surface area contributed by atoms with Crippen LogP contribution in [0.4, 0.5) is 5.13 Å². The highest BCUT2D eigenvalue weighted by molar-refractivity contribution is 8.00. The molecule has 1 saturated heterocycles. The summed E-state index contributed by atoms with van der Waals surface area (Å²) in [6, 6.07) is 10.2. The number of anilines is 1. The number of thioether (sulfide) groups is 1. The summed E-state index contributed by atoms with van der Waals surface area (Å²) in [6.07, 6.45) is 1.31. The van der Waals surface area contributed by atoms with Gasteiger partial charge < -0.3 is 10.1 Å². The topological polar surface area (TPSA) is 76.1 Å². The van der Waals surface area contributed by atoms with E-state index in [0.29, 0.717) is 18.0 Å². The number of halogens is 1. The molecule has 3 rings (SSSR count). The van der Waals surface area contributed by atoms with E-state index in [1.165, 1.54) is 16.9 Å². The van der Waals surface area contributed by atoms with Crippen LogP contribution in [-0.2, 0) is 15.3 Å². The number of hydrogen-bond acceptors (Lipinski definition) is 7. The Labute approximate surface area is 161 Å². The summed E-state index contributed by atoms with van der Waals surface area (Å²) in [4.78, 5) is 12.6. The Bertz CT molecular complexity index is 678. The summed E-state index contributed by atoms with van der Waals surface area (Å²) in [5, 5.41) is 14.8. The third-order valence-electron chi connectivity index (χ3n) is 4.05. The number of nitrogens with zero attached hydrogens (tertiary/aromatic N) is 2. The molecule has 0 radical (unpaired) electrons. The fourth-order valence-corrected chi connectivity index (χ4v) is 4.31. The lowest BCUT2D eigenvalue weighted by Crippen LogP contribution is -2.51. The fraction of sp³-hybridized carbons (Fsp3) is 0.438. The van der Waals surface area contributed by atoms with Crippen molar-refractivity contribution in [2.24, 2.45) is 0 Å². The minimum Gasteiger partial charge on any atom is -0.368 e. The molecule has 9 heteroatoms. The molecule has 0 saturated carbocycles.